The number of likely N-dealkylation sites (tertiary alicyclic amines) is 1. The molecule has 2 heterocycles. The largest absolute Gasteiger partial charge is 0.493 e. The van der Waals surface area contributed by atoms with Gasteiger partial charge in [0.25, 0.3) is 0 Å². The fourth-order valence-corrected chi connectivity index (χ4v) is 6.77. The van der Waals surface area contributed by atoms with Gasteiger partial charge in [-0.1, -0.05) is 6.07 Å². The summed E-state index contributed by atoms with van der Waals surface area (Å²) in [5, 5.41) is 3.57. The van der Waals surface area contributed by atoms with Crippen molar-refractivity contribution >= 4 is 17.7 Å². The molecule has 2 saturated heterocycles. The molecule has 3 aliphatic rings. The topological polar surface area (TPSA) is 76.8 Å². The minimum atomic E-state index is -0.240. The van der Waals surface area contributed by atoms with Crippen LogP contribution in [0.3, 0.4) is 0 Å². The van der Waals surface area contributed by atoms with E-state index in [2.05, 4.69) is 29.4 Å². The van der Waals surface area contributed by atoms with Crippen molar-refractivity contribution in [3.8, 4) is 11.5 Å². The van der Waals surface area contributed by atoms with Gasteiger partial charge < -0.3 is 20.1 Å². The summed E-state index contributed by atoms with van der Waals surface area (Å²) in [5.74, 6) is 2.09. The highest BCUT2D eigenvalue weighted by atomic mass is 32.2. The Morgan fingerprint density at radius 1 is 1.26 bits per heavy atom. The van der Waals surface area contributed by atoms with Gasteiger partial charge in [-0.3, -0.25) is 10.1 Å². The van der Waals surface area contributed by atoms with E-state index in [-0.39, 0.29) is 22.2 Å². The van der Waals surface area contributed by atoms with Crippen LogP contribution in [-0.4, -0.2) is 61.3 Å². The van der Waals surface area contributed by atoms with Crippen LogP contribution in [-0.2, 0) is 10.2 Å². The van der Waals surface area contributed by atoms with Crippen LogP contribution >= 0.6 is 11.8 Å². The molecule has 1 aromatic rings. The Morgan fingerprint density at radius 2 is 2.04 bits per heavy atom. The van der Waals surface area contributed by atoms with Gasteiger partial charge in [-0.2, -0.15) is 0 Å². The molecule has 4 rings (SSSR count). The monoisotopic (exact) mass is 391 g/mol. The highest BCUT2D eigenvalue weighted by Gasteiger charge is 2.56. The zero-order valence-electron chi connectivity index (χ0n) is 16.3. The first-order valence-corrected chi connectivity index (χ1v) is 10.6. The molecule has 1 aliphatic carbocycles. The zero-order chi connectivity index (χ0) is 19.2. The number of carbonyl (C=O) groups excluding carboxylic acids is 1. The number of hydrogen-bond acceptors (Lipinski definition) is 6. The Bertz CT molecular complexity index is 745. The van der Waals surface area contributed by atoms with Gasteiger partial charge in [0, 0.05) is 17.2 Å². The number of ether oxygens (including phenoxy) is 2. The molecule has 1 spiro atoms. The average Bonchev–Trinajstić information content (AvgIpc) is 3.24. The smallest absolute Gasteiger partial charge is 0.235 e. The van der Waals surface area contributed by atoms with Crippen LogP contribution in [0.2, 0.25) is 0 Å². The molecule has 0 aromatic heterocycles. The van der Waals surface area contributed by atoms with Gasteiger partial charge in [0.15, 0.2) is 11.5 Å². The van der Waals surface area contributed by atoms with Crippen molar-refractivity contribution in [3.05, 3.63) is 23.8 Å². The van der Waals surface area contributed by atoms with Crippen molar-refractivity contribution in [2.45, 2.75) is 48.1 Å². The van der Waals surface area contributed by atoms with Gasteiger partial charge >= 0.3 is 0 Å². The molecule has 7 heteroatoms. The van der Waals surface area contributed by atoms with Gasteiger partial charge in [-0.25, -0.2) is 0 Å². The minimum absolute atomic E-state index is 0.0387. The molecule has 1 saturated carbocycles. The number of thioether (sulfide) groups is 1. The lowest BCUT2D eigenvalue weighted by atomic mass is 9.64. The maximum Gasteiger partial charge on any atom is 0.235 e. The van der Waals surface area contributed by atoms with Crippen molar-refractivity contribution in [3.63, 3.8) is 0 Å². The zero-order valence-corrected chi connectivity index (χ0v) is 17.1. The number of methoxy groups -OCH3 is 2. The van der Waals surface area contributed by atoms with Gasteiger partial charge in [0.1, 0.15) is 0 Å². The van der Waals surface area contributed by atoms with Gasteiger partial charge in [-0.15, -0.1) is 11.8 Å². The Hall–Kier alpha value is -1.44. The predicted molar refractivity (Wildman–Crippen MR) is 107 cm³/mol. The number of benzene rings is 1. The second-order valence-corrected chi connectivity index (χ2v) is 9.48. The highest BCUT2D eigenvalue weighted by molar-refractivity contribution is 8.01. The Labute approximate surface area is 165 Å². The molecular weight excluding hydrogens is 362 g/mol. The number of hydrogen-bond donors (Lipinski definition) is 2. The fraction of sp³-hybridized carbons (Fsp3) is 0.650. The van der Waals surface area contributed by atoms with E-state index in [1.165, 1.54) is 5.56 Å². The SMILES string of the molecule is COc1ccc(C23CCN(C)C2CC2(CC3)NC(C(N)=O)CS2)cc1OC. The molecule has 4 unspecified atom stereocenters. The van der Waals surface area contributed by atoms with E-state index in [0.29, 0.717) is 6.04 Å². The molecule has 0 radical (unpaired) electrons. The first kappa shape index (κ1) is 18.9. The van der Waals surface area contributed by atoms with Gasteiger partial charge in [-0.05, 0) is 57.0 Å². The molecule has 3 fully saturated rings. The summed E-state index contributed by atoms with van der Waals surface area (Å²) in [6.45, 7) is 1.08. The first-order chi connectivity index (χ1) is 12.9. The number of rotatable bonds is 4. The maximum absolute atomic E-state index is 11.6. The molecule has 1 aromatic carbocycles. The first-order valence-electron chi connectivity index (χ1n) is 9.57. The number of nitrogens with two attached hydrogens (primary N) is 1. The summed E-state index contributed by atoms with van der Waals surface area (Å²) in [7, 11) is 5.58. The second-order valence-electron chi connectivity index (χ2n) is 8.08. The Kier molecular flexibility index (Phi) is 4.81. The molecule has 2 aliphatic heterocycles. The van der Waals surface area contributed by atoms with E-state index in [1.807, 2.05) is 17.8 Å². The minimum Gasteiger partial charge on any atom is -0.493 e. The molecule has 3 N–H and O–H groups in total. The molecule has 4 atom stereocenters. The number of nitrogens with zero attached hydrogens (tertiary/aromatic N) is 1. The van der Waals surface area contributed by atoms with E-state index in [0.717, 1.165) is 49.5 Å². The lowest BCUT2D eigenvalue weighted by Crippen LogP contribution is -2.57. The number of fused-ring (bicyclic) bond motifs is 1. The van der Waals surface area contributed by atoms with Crippen LogP contribution in [0.15, 0.2) is 18.2 Å². The van der Waals surface area contributed by atoms with Crippen molar-refractivity contribution in [2.24, 2.45) is 5.73 Å². The summed E-state index contributed by atoms with van der Waals surface area (Å²) in [4.78, 5) is 14.1. The van der Waals surface area contributed by atoms with Crippen LogP contribution in [0, 0.1) is 0 Å². The van der Waals surface area contributed by atoms with Crippen molar-refractivity contribution < 1.29 is 14.3 Å². The lowest BCUT2D eigenvalue weighted by Gasteiger charge is -2.49. The van der Waals surface area contributed by atoms with Gasteiger partial charge in [0.05, 0.1) is 25.1 Å². The summed E-state index contributed by atoms with van der Waals surface area (Å²) in [5.41, 5.74) is 7.00. The number of likely N-dealkylation sites (N-methyl/N-ethyl adjacent to an activating group) is 1. The van der Waals surface area contributed by atoms with Crippen LogP contribution in [0.25, 0.3) is 0 Å². The summed E-state index contributed by atoms with van der Waals surface area (Å²) in [6, 6.07) is 6.59. The van der Waals surface area contributed by atoms with E-state index >= 15 is 0 Å². The van der Waals surface area contributed by atoms with Crippen LogP contribution in [0.4, 0.5) is 0 Å². The number of amides is 1. The Morgan fingerprint density at radius 3 is 2.70 bits per heavy atom. The number of nitrogens with one attached hydrogen (secondary N) is 1. The summed E-state index contributed by atoms with van der Waals surface area (Å²) >= 11 is 1.88. The molecule has 27 heavy (non-hydrogen) atoms. The quantitative estimate of drug-likeness (QED) is 0.814. The van der Waals surface area contributed by atoms with Crippen LogP contribution < -0.4 is 20.5 Å². The van der Waals surface area contributed by atoms with E-state index in [1.54, 1.807) is 14.2 Å². The molecular formula is C20H29N3O3S. The molecule has 148 valence electrons. The third-order valence-electron chi connectivity index (χ3n) is 6.84. The normalized spacial score (nSPS) is 36.0. The highest BCUT2D eigenvalue weighted by Crippen LogP contribution is 2.55. The van der Waals surface area contributed by atoms with E-state index in [4.69, 9.17) is 15.2 Å². The fourth-order valence-electron chi connectivity index (χ4n) is 5.29. The molecule has 0 bridgehead atoms. The average molecular weight is 392 g/mol. The van der Waals surface area contributed by atoms with E-state index < -0.39 is 0 Å². The van der Waals surface area contributed by atoms with Gasteiger partial charge in [0.2, 0.25) is 5.91 Å². The van der Waals surface area contributed by atoms with Crippen molar-refractivity contribution in [2.75, 3.05) is 33.6 Å². The van der Waals surface area contributed by atoms with Crippen LogP contribution in [0.1, 0.15) is 31.2 Å². The third-order valence-corrected chi connectivity index (χ3v) is 8.39. The Balaban J connectivity index is 1.65. The lowest BCUT2D eigenvalue weighted by molar-refractivity contribution is -0.119. The maximum atomic E-state index is 11.6. The standard InChI is InChI=1S/C20H29N3O3S/c1-23-9-8-19(13-4-5-15(25-2)16(10-13)26-3)6-7-20(11-17(19)23)22-14(12-27-20)18(21)24/h4-5,10,14,17,22H,6-9,11-12H2,1-3H3,(H2,21,24). The molecule has 1 amide bonds. The van der Waals surface area contributed by atoms with Crippen molar-refractivity contribution in [1.82, 2.24) is 10.2 Å². The third kappa shape index (κ3) is 3.00. The second kappa shape index (κ2) is 6.87. The number of carbonyl (C=O) groups is 1. The molecule has 6 nitrogen and oxygen atoms in total. The predicted octanol–water partition coefficient (Wildman–Crippen LogP) is 1.72. The van der Waals surface area contributed by atoms with E-state index in [9.17, 15) is 4.79 Å². The summed E-state index contributed by atoms with van der Waals surface area (Å²) in [6.07, 6.45) is 4.29. The number of primary amides is 1. The van der Waals surface area contributed by atoms with Crippen LogP contribution in [0.5, 0.6) is 11.5 Å². The van der Waals surface area contributed by atoms with Crippen molar-refractivity contribution in [1.29, 1.82) is 0 Å². The summed E-state index contributed by atoms with van der Waals surface area (Å²) < 4.78 is 11.0.